The molecule has 11 nitrogen and oxygen atoms in total. The fourth-order valence-electron chi connectivity index (χ4n) is 8.36. The summed E-state index contributed by atoms with van der Waals surface area (Å²) >= 11 is 0. The normalized spacial score (nSPS) is 25.7. The van der Waals surface area contributed by atoms with E-state index in [1.807, 2.05) is 95.1 Å². The van der Waals surface area contributed by atoms with E-state index >= 15 is 14.0 Å². The number of anilines is 1. The van der Waals surface area contributed by atoms with Crippen molar-refractivity contribution in [2.75, 3.05) is 33.0 Å². The molecule has 3 aliphatic carbocycles. The molecule has 2 aromatic carbocycles. The number of rotatable bonds is 8. The summed E-state index contributed by atoms with van der Waals surface area (Å²) < 4.78 is 35.3. The van der Waals surface area contributed by atoms with Crippen molar-refractivity contribution in [2.45, 2.75) is 89.4 Å². The Hall–Kier alpha value is -4.17. The fourth-order valence-corrected chi connectivity index (χ4v) is 9.81. The minimum atomic E-state index is -2.93. The quantitative estimate of drug-likeness (QED) is 0.191. The molecule has 1 aromatic heterocycles. The number of Topliss-reactive ketones (excluding diaryl/α,β-unsaturated/α-hetero) is 2. The highest BCUT2D eigenvalue weighted by atomic mass is 28.4. The first-order chi connectivity index (χ1) is 24.9. The van der Waals surface area contributed by atoms with E-state index in [9.17, 15) is 9.90 Å². The summed E-state index contributed by atoms with van der Waals surface area (Å²) in [5, 5.41) is 18.9. The monoisotopic (exact) mass is 744 g/mol. The number of ketones is 2. The molecule has 3 aromatic rings. The number of benzene rings is 2. The van der Waals surface area contributed by atoms with Gasteiger partial charge in [-0.2, -0.15) is 0 Å². The number of hydrogen-bond donors (Lipinski definition) is 2. The lowest BCUT2D eigenvalue weighted by Gasteiger charge is -2.55. The van der Waals surface area contributed by atoms with Crippen LogP contribution in [0.25, 0.3) is 5.76 Å². The first-order valence-corrected chi connectivity index (χ1v) is 21.2. The van der Waals surface area contributed by atoms with Crippen molar-refractivity contribution in [1.82, 2.24) is 15.0 Å². The third-order valence-electron chi connectivity index (χ3n) is 12.4. The number of carbonyl (C=O) groups is 3. The lowest BCUT2D eigenvalue weighted by atomic mass is 9.57. The molecular formula is C40H49FN4O7Si. The van der Waals surface area contributed by atoms with Gasteiger partial charge in [-0.25, -0.2) is 4.39 Å². The Morgan fingerprint density at radius 1 is 1.17 bits per heavy atom. The minimum absolute atomic E-state index is 0.0325. The molecule has 13 heteroatoms. The zero-order valence-corrected chi connectivity index (χ0v) is 32.9. The van der Waals surface area contributed by atoms with Gasteiger partial charge in [-0.05, 0) is 99.3 Å². The van der Waals surface area contributed by atoms with Gasteiger partial charge in [0.2, 0.25) is 17.5 Å². The fraction of sp³-hybridized carbons (Fsp3) is 0.500. The predicted molar refractivity (Wildman–Crippen MR) is 200 cm³/mol. The first kappa shape index (κ1) is 37.2. The molecule has 282 valence electrons. The van der Waals surface area contributed by atoms with Crippen molar-refractivity contribution in [3.05, 3.63) is 81.4 Å². The Morgan fingerprint density at radius 3 is 2.47 bits per heavy atom. The number of aromatic nitrogens is 1. The second kappa shape index (κ2) is 13.0. The molecule has 1 amide bonds. The van der Waals surface area contributed by atoms with Crippen LogP contribution in [0.15, 0.2) is 46.5 Å². The van der Waals surface area contributed by atoms with E-state index < -0.39 is 60.0 Å². The van der Waals surface area contributed by atoms with Crippen LogP contribution in [-0.2, 0) is 27.0 Å². The van der Waals surface area contributed by atoms with Crippen LogP contribution in [0.2, 0.25) is 18.1 Å². The predicted octanol–water partition coefficient (Wildman–Crippen LogP) is 6.63. The van der Waals surface area contributed by atoms with E-state index in [4.69, 9.17) is 13.7 Å². The van der Waals surface area contributed by atoms with E-state index in [1.165, 1.54) is 6.07 Å². The van der Waals surface area contributed by atoms with Gasteiger partial charge < -0.3 is 24.1 Å². The second-order valence-corrected chi connectivity index (χ2v) is 21.6. The number of halogens is 1. The average molecular weight is 745 g/mol. The molecule has 2 heterocycles. The third-order valence-corrected chi connectivity index (χ3v) is 16.8. The zero-order chi connectivity index (χ0) is 38.4. The Kier molecular flexibility index (Phi) is 9.11. The molecule has 0 bridgehead atoms. The molecular weight excluding hydrogens is 696 g/mol. The molecule has 2 fully saturated rings. The minimum Gasteiger partial charge on any atom is -0.507 e. The molecule has 1 aliphatic heterocycles. The first-order valence-electron chi connectivity index (χ1n) is 18.3. The lowest BCUT2D eigenvalue weighted by molar-refractivity contribution is -0.140. The van der Waals surface area contributed by atoms with Gasteiger partial charge in [-0.3, -0.25) is 24.2 Å². The third kappa shape index (κ3) is 5.78. The van der Waals surface area contributed by atoms with Crippen LogP contribution >= 0.6 is 0 Å². The Morgan fingerprint density at radius 2 is 1.87 bits per heavy atom. The maximum atomic E-state index is 16.1. The van der Waals surface area contributed by atoms with Gasteiger partial charge in [0.05, 0.1) is 12.1 Å². The van der Waals surface area contributed by atoms with Gasteiger partial charge in [0.15, 0.2) is 19.7 Å². The number of nitrogens with one attached hydrogen (secondary N) is 1. The van der Waals surface area contributed by atoms with Gasteiger partial charge in [-0.1, -0.05) is 51.1 Å². The highest BCUT2D eigenvalue weighted by Crippen LogP contribution is 2.59. The lowest BCUT2D eigenvalue weighted by Crippen LogP contribution is -2.68. The molecule has 0 unspecified atom stereocenters. The van der Waals surface area contributed by atoms with Gasteiger partial charge in [0, 0.05) is 29.3 Å². The van der Waals surface area contributed by atoms with E-state index in [-0.39, 0.29) is 71.0 Å². The molecule has 1 saturated carbocycles. The SMILES string of the molecule is Cc1c(NC(=O)[C@@H]2CCN2C)cc(F)c2c1C(O)=C1C(=O)[C@]3(O[Si](C)(C)C(C)(C)C)C(=O)c4c(OCc5ccccc5)noc4[C@@H](N(C)C)[C@@H]3C[C@@H]1C2. The summed E-state index contributed by atoms with van der Waals surface area (Å²) in [6.45, 7) is 12.7. The van der Waals surface area contributed by atoms with Gasteiger partial charge in [0.1, 0.15) is 23.7 Å². The number of amides is 1. The van der Waals surface area contributed by atoms with Crippen molar-refractivity contribution in [2.24, 2.45) is 11.8 Å². The molecule has 1 saturated heterocycles. The van der Waals surface area contributed by atoms with Crippen molar-refractivity contribution in [1.29, 1.82) is 0 Å². The van der Waals surface area contributed by atoms with E-state index in [1.54, 1.807) is 6.92 Å². The molecule has 0 spiro atoms. The topological polar surface area (TPSA) is 134 Å². The number of ether oxygens (including phenoxy) is 1. The number of carbonyl (C=O) groups excluding carboxylic acids is 3. The Bertz CT molecular complexity index is 2040. The van der Waals surface area contributed by atoms with Crippen LogP contribution in [-0.4, -0.2) is 85.2 Å². The van der Waals surface area contributed by atoms with Crippen molar-refractivity contribution in [3.63, 3.8) is 0 Å². The second-order valence-electron chi connectivity index (χ2n) is 16.8. The summed E-state index contributed by atoms with van der Waals surface area (Å²) in [5.41, 5.74) is -0.0416. The summed E-state index contributed by atoms with van der Waals surface area (Å²) in [7, 11) is 2.61. The van der Waals surface area contributed by atoms with E-state index in [2.05, 4.69) is 10.5 Å². The number of likely N-dealkylation sites (N-methyl/N-ethyl adjacent to an activating group) is 1. The highest BCUT2D eigenvalue weighted by molar-refractivity contribution is 6.74. The van der Waals surface area contributed by atoms with Gasteiger partial charge in [0.25, 0.3) is 5.88 Å². The summed E-state index contributed by atoms with van der Waals surface area (Å²) in [5.74, 6) is -3.64. The number of likely N-dealkylation sites (tertiary alicyclic amines) is 1. The van der Waals surface area contributed by atoms with Gasteiger partial charge in [-0.15, -0.1) is 0 Å². The van der Waals surface area contributed by atoms with Gasteiger partial charge >= 0.3 is 0 Å². The molecule has 4 aliphatic rings. The van der Waals surface area contributed by atoms with Crippen LogP contribution in [0.1, 0.15) is 78.0 Å². The molecule has 53 heavy (non-hydrogen) atoms. The average Bonchev–Trinajstić information content (AvgIpc) is 3.49. The Labute approximate surface area is 310 Å². The summed E-state index contributed by atoms with van der Waals surface area (Å²) in [6.07, 6.45) is 1.02. The number of hydrogen-bond acceptors (Lipinski definition) is 10. The summed E-state index contributed by atoms with van der Waals surface area (Å²) in [4.78, 5) is 47.8. The zero-order valence-electron chi connectivity index (χ0n) is 31.9. The van der Waals surface area contributed by atoms with Crippen LogP contribution in [0.5, 0.6) is 5.88 Å². The number of fused-ring (bicyclic) bond motifs is 4. The number of aliphatic hydroxyl groups is 1. The van der Waals surface area contributed by atoms with Crippen molar-refractivity contribution >= 4 is 37.2 Å². The number of nitrogens with zero attached hydrogens (tertiary/aromatic N) is 3. The highest BCUT2D eigenvalue weighted by Gasteiger charge is 2.69. The maximum Gasteiger partial charge on any atom is 0.265 e. The van der Waals surface area contributed by atoms with E-state index in [0.29, 0.717) is 12.0 Å². The standard InChI is InChI=1S/C40H49FN4O7Si/c1-21-27(42-37(49)28-15-16-45(28)7)19-26(41)24-17-23-18-25-32(44(5)6)34-31(38(43-51-34)50-20-22-13-11-10-12-14-22)36(48)40(25,52-53(8,9)39(2,3)4)35(47)30(23)33(46)29(21)24/h10-14,19,23,25,28,32,46H,15-18,20H2,1-9H3,(H,42,49)/t23-,25-,28-,32-,40-/m0/s1. The van der Waals surface area contributed by atoms with Crippen LogP contribution < -0.4 is 10.1 Å². The maximum absolute atomic E-state index is 16.1. The summed E-state index contributed by atoms with van der Waals surface area (Å²) in [6, 6.07) is 9.76. The molecule has 2 N–H and O–H groups in total. The Balaban J connectivity index is 1.39. The molecule has 5 atom stereocenters. The van der Waals surface area contributed by atoms with Crippen LogP contribution in [0.3, 0.4) is 0 Å². The van der Waals surface area contributed by atoms with Crippen LogP contribution in [0.4, 0.5) is 10.1 Å². The van der Waals surface area contributed by atoms with Crippen molar-refractivity contribution in [3.8, 4) is 5.88 Å². The number of aliphatic hydroxyl groups excluding tert-OH is 1. The molecule has 0 radical (unpaired) electrons. The molecule has 7 rings (SSSR count). The van der Waals surface area contributed by atoms with E-state index in [0.717, 1.165) is 12.1 Å². The smallest absolute Gasteiger partial charge is 0.265 e. The van der Waals surface area contributed by atoms with Crippen LogP contribution in [0, 0.1) is 24.6 Å². The largest absolute Gasteiger partial charge is 0.507 e. The van der Waals surface area contributed by atoms with Crippen molar-refractivity contribution < 1.29 is 37.6 Å².